The number of carbonyl (C=O) groups is 1. The zero-order chi connectivity index (χ0) is 12.5. The van der Waals surface area contributed by atoms with Gasteiger partial charge in [0.05, 0.1) is 16.5 Å². The molecular weight excluding hydrogens is 289 g/mol. The van der Waals surface area contributed by atoms with Crippen LogP contribution in [0, 0.1) is 15.9 Å². The molecule has 0 atom stereocenters. The Hall–Kier alpha value is -1.70. The first kappa shape index (κ1) is 12.4. The summed E-state index contributed by atoms with van der Waals surface area (Å²) in [7, 11) is 0.966. The molecule has 0 spiro atoms. The maximum absolute atomic E-state index is 13.4. The molecule has 0 bridgehead atoms. The summed E-state index contributed by atoms with van der Waals surface area (Å²) in [5, 5.41) is 19.9. The molecule has 0 amide bonds. The van der Waals surface area contributed by atoms with Crippen LogP contribution < -0.4 is 0 Å². The first-order chi connectivity index (χ1) is 7.40. The van der Waals surface area contributed by atoms with Crippen LogP contribution in [0.1, 0.15) is 10.4 Å². The van der Waals surface area contributed by atoms with Crippen molar-refractivity contribution in [2.45, 2.75) is 0 Å². The molecule has 8 heteroatoms. The van der Waals surface area contributed by atoms with Gasteiger partial charge in [-0.2, -0.15) is 0 Å². The lowest BCUT2D eigenvalue weighted by molar-refractivity contribution is -0.386. The van der Waals surface area contributed by atoms with E-state index in [1.165, 1.54) is 0 Å². The highest BCUT2D eigenvalue weighted by atomic mass is 79.9. The fraction of sp³-hybridized carbons (Fsp3) is 0.125. The van der Waals surface area contributed by atoms with E-state index < -0.39 is 33.7 Å². The molecule has 0 saturated carbocycles. The molecule has 0 aliphatic rings. The van der Waals surface area contributed by atoms with Crippen LogP contribution in [0.15, 0.2) is 10.5 Å². The second kappa shape index (κ2) is 4.44. The number of rotatable bonds is 2. The number of nitro benzene ring substituents is 1. The van der Waals surface area contributed by atoms with Crippen molar-refractivity contribution in [3.05, 3.63) is 32.0 Å². The summed E-state index contributed by atoms with van der Waals surface area (Å²) in [5.41, 5.74) is -1.66. The number of carbonyl (C=O) groups excluding carboxylic acids is 1. The molecule has 1 aromatic rings. The molecule has 0 aromatic heterocycles. The van der Waals surface area contributed by atoms with Crippen LogP contribution in [0.2, 0.25) is 0 Å². The Morgan fingerprint density at radius 2 is 2.25 bits per heavy atom. The molecule has 0 heterocycles. The Bertz CT molecular complexity index is 476. The summed E-state index contributed by atoms with van der Waals surface area (Å²) in [5.74, 6) is -3.37. The summed E-state index contributed by atoms with van der Waals surface area (Å²) in [6.07, 6.45) is 0. The minimum Gasteiger partial charge on any atom is -0.501 e. The van der Waals surface area contributed by atoms with Crippen molar-refractivity contribution in [3.63, 3.8) is 0 Å². The molecule has 1 aromatic carbocycles. The summed E-state index contributed by atoms with van der Waals surface area (Å²) < 4.78 is 17.3. The maximum Gasteiger partial charge on any atom is 0.344 e. The Morgan fingerprint density at radius 1 is 1.69 bits per heavy atom. The highest BCUT2D eigenvalue weighted by Crippen LogP contribution is 2.36. The molecule has 0 fully saturated rings. The second-order valence-corrected chi connectivity index (χ2v) is 3.52. The average molecular weight is 294 g/mol. The van der Waals surface area contributed by atoms with Gasteiger partial charge in [0, 0.05) is 6.07 Å². The first-order valence-corrected chi connectivity index (χ1v) is 4.63. The van der Waals surface area contributed by atoms with Crippen LogP contribution in [-0.4, -0.2) is 23.1 Å². The Balaban J connectivity index is 3.58. The normalized spacial score (nSPS) is 9.94. The van der Waals surface area contributed by atoms with E-state index in [1.54, 1.807) is 0 Å². The summed E-state index contributed by atoms with van der Waals surface area (Å²) >= 11 is 2.70. The number of benzene rings is 1. The molecule has 1 rings (SSSR count). The Kier molecular flexibility index (Phi) is 3.43. The highest BCUT2D eigenvalue weighted by molar-refractivity contribution is 9.10. The number of nitrogens with zero attached hydrogens (tertiary/aromatic N) is 1. The standard InChI is InChI=1S/C8H5BrFNO5/c1-16-8(13)5-6(10)3(9)2-4(7(5)12)11(14)15/h2,12H,1H3. The van der Waals surface area contributed by atoms with Gasteiger partial charge in [0.25, 0.3) is 0 Å². The second-order valence-electron chi connectivity index (χ2n) is 2.66. The summed E-state index contributed by atoms with van der Waals surface area (Å²) in [6.45, 7) is 0. The maximum atomic E-state index is 13.4. The fourth-order valence-electron chi connectivity index (χ4n) is 1.03. The number of methoxy groups -OCH3 is 1. The third-order valence-electron chi connectivity index (χ3n) is 1.76. The number of esters is 1. The quantitative estimate of drug-likeness (QED) is 0.512. The molecule has 0 aliphatic heterocycles. The van der Waals surface area contributed by atoms with Gasteiger partial charge in [0.15, 0.2) is 5.82 Å². The number of aromatic hydroxyl groups is 1. The number of hydrogen-bond acceptors (Lipinski definition) is 5. The van der Waals surface area contributed by atoms with E-state index in [0.29, 0.717) is 0 Å². The summed E-state index contributed by atoms with van der Waals surface area (Å²) in [6, 6.07) is 0.761. The molecule has 1 N–H and O–H groups in total. The van der Waals surface area contributed by atoms with Crippen LogP contribution in [0.5, 0.6) is 5.75 Å². The van der Waals surface area contributed by atoms with Gasteiger partial charge in [-0.3, -0.25) is 10.1 Å². The van der Waals surface area contributed by atoms with Gasteiger partial charge in [-0.25, -0.2) is 9.18 Å². The average Bonchev–Trinajstić information content (AvgIpc) is 2.22. The SMILES string of the molecule is COC(=O)c1c(O)c([N+](=O)[O-])cc(Br)c1F. The molecular formula is C8H5BrFNO5. The number of hydrogen-bond donors (Lipinski definition) is 1. The molecule has 16 heavy (non-hydrogen) atoms. The predicted molar refractivity (Wildman–Crippen MR) is 53.8 cm³/mol. The van der Waals surface area contributed by atoms with E-state index in [9.17, 15) is 24.4 Å². The van der Waals surface area contributed by atoms with Gasteiger partial charge >= 0.3 is 11.7 Å². The van der Waals surface area contributed by atoms with Crippen molar-refractivity contribution in [2.75, 3.05) is 7.11 Å². The number of phenols is 1. The van der Waals surface area contributed by atoms with Crippen LogP contribution in [0.25, 0.3) is 0 Å². The largest absolute Gasteiger partial charge is 0.501 e. The van der Waals surface area contributed by atoms with Crippen LogP contribution in [0.4, 0.5) is 10.1 Å². The molecule has 6 nitrogen and oxygen atoms in total. The van der Waals surface area contributed by atoms with Gasteiger partial charge in [-0.1, -0.05) is 0 Å². The van der Waals surface area contributed by atoms with E-state index in [1.807, 2.05) is 0 Å². The minimum atomic E-state index is -1.20. The lowest BCUT2D eigenvalue weighted by atomic mass is 10.1. The van der Waals surface area contributed by atoms with E-state index in [-0.39, 0.29) is 4.47 Å². The van der Waals surface area contributed by atoms with Crippen LogP contribution in [-0.2, 0) is 4.74 Å². The van der Waals surface area contributed by atoms with Gasteiger partial charge in [-0.15, -0.1) is 0 Å². The van der Waals surface area contributed by atoms with Crippen molar-refractivity contribution in [3.8, 4) is 5.75 Å². The highest BCUT2D eigenvalue weighted by Gasteiger charge is 2.28. The first-order valence-electron chi connectivity index (χ1n) is 3.83. The van der Waals surface area contributed by atoms with Crippen LogP contribution >= 0.6 is 15.9 Å². The monoisotopic (exact) mass is 293 g/mol. The third kappa shape index (κ3) is 1.96. The number of phenolic OH excluding ortho intramolecular Hbond substituents is 1. The topological polar surface area (TPSA) is 89.7 Å². The van der Waals surface area contributed by atoms with Gasteiger partial charge in [0.1, 0.15) is 5.56 Å². The summed E-state index contributed by atoms with van der Waals surface area (Å²) in [4.78, 5) is 20.7. The predicted octanol–water partition coefficient (Wildman–Crippen LogP) is 1.99. The minimum absolute atomic E-state index is 0.308. The lowest BCUT2D eigenvalue weighted by Crippen LogP contribution is -2.07. The van der Waals surface area contributed by atoms with Crippen molar-refractivity contribution in [1.29, 1.82) is 0 Å². The van der Waals surface area contributed by atoms with Crippen molar-refractivity contribution in [1.82, 2.24) is 0 Å². The van der Waals surface area contributed by atoms with Gasteiger partial charge in [0.2, 0.25) is 5.75 Å². The molecule has 86 valence electrons. The number of ether oxygens (including phenoxy) is 1. The number of nitro groups is 1. The molecule has 0 radical (unpaired) electrons. The Labute approximate surface area is 96.9 Å². The molecule has 0 unspecified atom stereocenters. The zero-order valence-electron chi connectivity index (χ0n) is 7.86. The smallest absolute Gasteiger partial charge is 0.344 e. The zero-order valence-corrected chi connectivity index (χ0v) is 9.45. The molecule has 0 aliphatic carbocycles. The Morgan fingerprint density at radius 3 is 2.69 bits per heavy atom. The van der Waals surface area contributed by atoms with E-state index in [2.05, 4.69) is 20.7 Å². The van der Waals surface area contributed by atoms with E-state index >= 15 is 0 Å². The lowest BCUT2D eigenvalue weighted by Gasteiger charge is -2.05. The van der Waals surface area contributed by atoms with Crippen molar-refractivity contribution in [2.24, 2.45) is 0 Å². The third-order valence-corrected chi connectivity index (χ3v) is 2.34. The van der Waals surface area contributed by atoms with Gasteiger partial charge < -0.3 is 9.84 Å². The fourth-order valence-corrected chi connectivity index (χ4v) is 1.45. The molecule has 0 saturated heterocycles. The van der Waals surface area contributed by atoms with Crippen LogP contribution in [0.3, 0.4) is 0 Å². The van der Waals surface area contributed by atoms with Gasteiger partial charge in [-0.05, 0) is 15.9 Å². The van der Waals surface area contributed by atoms with E-state index in [0.717, 1.165) is 13.2 Å². The van der Waals surface area contributed by atoms with Crippen molar-refractivity contribution >= 4 is 27.6 Å². The van der Waals surface area contributed by atoms with E-state index in [4.69, 9.17) is 0 Å². The number of halogens is 2. The van der Waals surface area contributed by atoms with Crippen molar-refractivity contribution < 1.29 is 24.0 Å².